The van der Waals surface area contributed by atoms with Crippen molar-refractivity contribution in [2.75, 3.05) is 6.61 Å². The van der Waals surface area contributed by atoms with Crippen molar-refractivity contribution in [3.8, 4) is 0 Å². The van der Waals surface area contributed by atoms with Gasteiger partial charge in [0, 0.05) is 6.04 Å². The van der Waals surface area contributed by atoms with Gasteiger partial charge >= 0.3 is 5.97 Å². The molecule has 88 valence electrons. The molecule has 1 aliphatic carbocycles. The smallest absolute Gasteiger partial charge is 0.332 e. The molecule has 0 spiro atoms. The third-order valence-electron chi connectivity index (χ3n) is 2.34. The molecule has 0 bridgehead atoms. The Morgan fingerprint density at radius 2 is 2.07 bits per heavy atom. The van der Waals surface area contributed by atoms with Crippen LogP contribution in [0.1, 0.15) is 40.0 Å². The molecule has 0 amide bonds. The summed E-state index contributed by atoms with van der Waals surface area (Å²) in [5.41, 5.74) is 5.37. The third kappa shape index (κ3) is 4.62. The van der Waals surface area contributed by atoms with E-state index in [4.69, 9.17) is 15.2 Å². The van der Waals surface area contributed by atoms with Gasteiger partial charge in [-0.3, -0.25) is 0 Å². The lowest BCUT2D eigenvalue weighted by atomic mass is 10.2. The van der Waals surface area contributed by atoms with Crippen LogP contribution in [-0.2, 0) is 14.3 Å². The van der Waals surface area contributed by atoms with Crippen LogP contribution < -0.4 is 5.73 Å². The topological polar surface area (TPSA) is 61.5 Å². The Kier molecular flexibility index (Phi) is 4.11. The van der Waals surface area contributed by atoms with Gasteiger partial charge in [-0.05, 0) is 40.0 Å². The number of ether oxygens (including phenoxy) is 2. The van der Waals surface area contributed by atoms with E-state index in [0.29, 0.717) is 0 Å². The second kappa shape index (κ2) is 4.94. The first-order chi connectivity index (χ1) is 6.88. The second-order valence-electron chi connectivity index (χ2n) is 5.03. The van der Waals surface area contributed by atoms with Crippen LogP contribution in [0.5, 0.6) is 0 Å². The maximum Gasteiger partial charge on any atom is 0.332 e. The van der Waals surface area contributed by atoms with Crippen molar-refractivity contribution in [1.29, 1.82) is 0 Å². The van der Waals surface area contributed by atoms with Crippen molar-refractivity contribution >= 4 is 5.97 Å². The van der Waals surface area contributed by atoms with Crippen LogP contribution in [0.25, 0.3) is 0 Å². The quantitative estimate of drug-likeness (QED) is 0.719. The highest BCUT2D eigenvalue weighted by Gasteiger charge is 2.26. The Balaban J connectivity index is 2.22. The standard InChI is InChI=1S/C11H21NO3/c1-11(2,3)15-10(13)7-14-9-6-4-5-8(9)12/h8-9H,4-7,12H2,1-3H3/t8-,9-/m0/s1. The first-order valence-corrected chi connectivity index (χ1v) is 5.47. The molecule has 1 rings (SSSR count). The number of hydrogen-bond acceptors (Lipinski definition) is 4. The van der Waals surface area contributed by atoms with Crippen LogP contribution in [-0.4, -0.2) is 30.3 Å². The summed E-state index contributed by atoms with van der Waals surface area (Å²) < 4.78 is 10.6. The second-order valence-corrected chi connectivity index (χ2v) is 5.03. The van der Waals surface area contributed by atoms with Crippen molar-refractivity contribution in [1.82, 2.24) is 0 Å². The molecule has 0 radical (unpaired) electrons. The molecular weight excluding hydrogens is 194 g/mol. The highest BCUT2D eigenvalue weighted by molar-refractivity contribution is 5.71. The van der Waals surface area contributed by atoms with E-state index in [2.05, 4.69) is 0 Å². The van der Waals surface area contributed by atoms with Gasteiger partial charge in [0.1, 0.15) is 12.2 Å². The maximum atomic E-state index is 11.3. The Morgan fingerprint density at radius 1 is 1.40 bits per heavy atom. The Labute approximate surface area is 91.1 Å². The number of nitrogens with two attached hydrogens (primary N) is 1. The van der Waals surface area contributed by atoms with Gasteiger partial charge in [-0.2, -0.15) is 0 Å². The molecule has 4 nitrogen and oxygen atoms in total. The van der Waals surface area contributed by atoms with Crippen LogP contribution in [0.4, 0.5) is 0 Å². The van der Waals surface area contributed by atoms with E-state index in [1.165, 1.54) is 0 Å². The van der Waals surface area contributed by atoms with E-state index in [1.807, 2.05) is 20.8 Å². The summed E-state index contributed by atoms with van der Waals surface area (Å²) in [7, 11) is 0. The molecule has 2 atom stereocenters. The number of esters is 1. The molecule has 0 aromatic rings. The number of rotatable bonds is 3. The monoisotopic (exact) mass is 215 g/mol. The van der Waals surface area contributed by atoms with Gasteiger partial charge in [0.15, 0.2) is 0 Å². The molecule has 0 aliphatic heterocycles. The highest BCUT2D eigenvalue weighted by atomic mass is 16.6. The van der Waals surface area contributed by atoms with Crippen LogP contribution in [0, 0.1) is 0 Å². The number of carbonyl (C=O) groups is 1. The molecular formula is C11H21NO3. The summed E-state index contributed by atoms with van der Waals surface area (Å²) in [4.78, 5) is 11.3. The van der Waals surface area contributed by atoms with Crippen LogP contribution >= 0.6 is 0 Å². The zero-order valence-corrected chi connectivity index (χ0v) is 9.79. The lowest BCUT2D eigenvalue weighted by Crippen LogP contribution is -2.34. The summed E-state index contributed by atoms with van der Waals surface area (Å²) in [6.07, 6.45) is 3.04. The zero-order valence-electron chi connectivity index (χ0n) is 9.79. The molecule has 1 saturated carbocycles. The van der Waals surface area contributed by atoms with Gasteiger partial charge in [0.25, 0.3) is 0 Å². The van der Waals surface area contributed by atoms with Crippen molar-refractivity contribution in [3.05, 3.63) is 0 Å². The summed E-state index contributed by atoms with van der Waals surface area (Å²) in [5, 5.41) is 0. The fourth-order valence-electron chi connectivity index (χ4n) is 1.71. The molecule has 0 heterocycles. The van der Waals surface area contributed by atoms with Gasteiger partial charge in [0.05, 0.1) is 6.10 Å². The lowest BCUT2D eigenvalue weighted by molar-refractivity contribution is -0.162. The predicted octanol–water partition coefficient (Wildman–Crippen LogP) is 1.22. The zero-order chi connectivity index (χ0) is 11.5. The van der Waals surface area contributed by atoms with Crippen molar-refractivity contribution in [2.45, 2.75) is 57.8 Å². The molecule has 0 aromatic carbocycles. The first-order valence-electron chi connectivity index (χ1n) is 5.47. The van der Waals surface area contributed by atoms with E-state index in [9.17, 15) is 4.79 Å². The van der Waals surface area contributed by atoms with E-state index in [1.54, 1.807) is 0 Å². The highest BCUT2D eigenvalue weighted by Crippen LogP contribution is 2.20. The third-order valence-corrected chi connectivity index (χ3v) is 2.34. The minimum Gasteiger partial charge on any atom is -0.458 e. The Bertz CT molecular complexity index is 222. The van der Waals surface area contributed by atoms with Gasteiger partial charge < -0.3 is 15.2 Å². The molecule has 1 fully saturated rings. The molecule has 0 aromatic heterocycles. The van der Waals surface area contributed by atoms with Crippen molar-refractivity contribution < 1.29 is 14.3 Å². The van der Waals surface area contributed by atoms with E-state index in [0.717, 1.165) is 19.3 Å². The fourth-order valence-corrected chi connectivity index (χ4v) is 1.71. The Hall–Kier alpha value is -0.610. The van der Waals surface area contributed by atoms with E-state index in [-0.39, 0.29) is 24.7 Å². The minimum atomic E-state index is -0.446. The maximum absolute atomic E-state index is 11.3. The van der Waals surface area contributed by atoms with Crippen LogP contribution in [0.3, 0.4) is 0 Å². The lowest BCUT2D eigenvalue weighted by Gasteiger charge is -2.21. The SMILES string of the molecule is CC(C)(C)OC(=O)CO[C@H]1CCC[C@@H]1N. The molecule has 0 unspecified atom stereocenters. The largest absolute Gasteiger partial charge is 0.458 e. The van der Waals surface area contributed by atoms with Crippen molar-refractivity contribution in [3.63, 3.8) is 0 Å². The van der Waals surface area contributed by atoms with Gasteiger partial charge in [-0.25, -0.2) is 4.79 Å². The molecule has 1 aliphatic rings. The normalized spacial score (nSPS) is 26.7. The minimum absolute atomic E-state index is 0.00956. The first kappa shape index (κ1) is 12.5. The van der Waals surface area contributed by atoms with Gasteiger partial charge in [-0.15, -0.1) is 0 Å². The average molecular weight is 215 g/mol. The molecule has 2 N–H and O–H groups in total. The summed E-state index contributed by atoms with van der Waals surface area (Å²) in [6.45, 7) is 5.53. The van der Waals surface area contributed by atoms with Crippen molar-refractivity contribution in [2.24, 2.45) is 5.73 Å². The number of hydrogen-bond donors (Lipinski definition) is 1. The van der Waals surface area contributed by atoms with E-state index >= 15 is 0 Å². The van der Waals surface area contributed by atoms with E-state index < -0.39 is 5.60 Å². The summed E-state index contributed by atoms with van der Waals surface area (Å²) in [6, 6.07) is 0.0763. The molecule has 0 saturated heterocycles. The Morgan fingerprint density at radius 3 is 2.53 bits per heavy atom. The molecule has 15 heavy (non-hydrogen) atoms. The van der Waals surface area contributed by atoms with Crippen LogP contribution in [0.15, 0.2) is 0 Å². The van der Waals surface area contributed by atoms with Crippen LogP contribution in [0.2, 0.25) is 0 Å². The fraction of sp³-hybridized carbons (Fsp3) is 0.909. The summed E-state index contributed by atoms with van der Waals surface area (Å²) >= 11 is 0. The van der Waals surface area contributed by atoms with Gasteiger partial charge in [-0.1, -0.05) is 0 Å². The average Bonchev–Trinajstić information content (AvgIpc) is 2.44. The summed E-state index contributed by atoms with van der Waals surface area (Å²) in [5.74, 6) is -0.318. The molecule has 4 heteroatoms. The predicted molar refractivity (Wildman–Crippen MR) is 57.4 cm³/mol. The van der Waals surface area contributed by atoms with Gasteiger partial charge in [0.2, 0.25) is 0 Å². The number of carbonyl (C=O) groups excluding carboxylic acids is 1.